The Balaban J connectivity index is 1.69. The molecule has 1 N–H and O–H groups in total. The quantitative estimate of drug-likeness (QED) is 0.718. The first kappa shape index (κ1) is 17.3. The van der Waals surface area contributed by atoms with E-state index in [0.717, 1.165) is 18.7 Å². The summed E-state index contributed by atoms with van der Waals surface area (Å²) in [5, 5.41) is 2.76. The summed E-state index contributed by atoms with van der Waals surface area (Å²) in [5.74, 6) is -0.499. The SMILES string of the molecule is CCOC(=O)c1c[nH]n2c(=O)cc(-c3ccc(N4CCCCC4)cc3)nc12. The van der Waals surface area contributed by atoms with Crippen molar-refractivity contribution in [2.45, 2.75) is 26.2 Å². The van der Waals surface area contributed by atoms with E-state index < -0.39 is 5.97 Å². The average Bonchev–Trinajstić information content (AvgIpc) is 3.14. The first-order chi connectivity index (χ1) is 13.2. The fourth-order valence-electron chi connectivity index (χ4n) is 3.48. The zero-order valence-corrected chi connectivity index (χ0v) is 15.3. The maximum Gasteiger partial charge on any atom is 0.343 e. The van der Waals surface area contributed by atoms with Crippen LogP contribution < -0.4 is 10.5 Å². The predicted octanol–water partition coefficient (Wildman–Crippen LogP) is 2.86. The number of piperidine rings is 1. The fraction of sp³-hybridized carbons (Fsp3) is 0.350. The fourth-order valence-corrected chi connectivity index (χ4v) is 3.48. The number of hydrogen-bond acceptors (Lipinski definition) is 5. The van der Waals surface area contributed by atoms with Gasteiger partial charge in [0.2, 0.25) is 0 Å². The van der Waals surface area contributed by atoms with Gasteiger partial charge in [0.05, 0.1) is 12.3 Å². The van der Waals surface area contributed by atoms with Crippen molar-refractivity contribution in [3.05, 3.63) is 52.4 Å². The molecule has 1 fully saturated rings. The van der Waals surface area contributed by atoms with Crippen LogP contribution in [0.3, 0.4) is 0 Å². The molecule has 140 valence electrons. The van der Waals surface area contributed by atoms with E-state index >= 15 is 0 Å². The Morgan fingerprint density at radius 3 is 2.63 bits per heavy atom. The van der Waals surface area contributed by atoms with Crippen LogP contribution in [0.5, 0.6) is 0 Å². The van der Waals surface area contributed by atoms with Gasteiger partial charge in [0.25, 0.3) is 5.56 Å². The summed E-state index contributed by atoms with van der Waals surface area (Å²) in [4.78, 5) is 31.4. The number of nitrogens with zero attached hydrogens (tertiary/aromatic N) is 3. The molecular weight excluding hydrogens is 344 g/mol. The molecule has 1 saturated heterocycles. The minimum Gasteiger partial charge on any atom is -0.462 e. The van der Waals surface area contributed by atoms with E-state index in [1.165, 1.54) is 41.7 Å². The molecule has 0 radical (unpaired) electrons. The van der Waals surface area contributed by atoms with Gasteiger partial charge in [0.15, 0.2) is 5.65 Å². The zero-order valence-electron chi connectivity index (χ0n) is 15.3. The van der Waals surface area contributed by atoms with Crippen LogP contribution in [0.15, 0.2) is 41.3 Å². The second-order valence-corrected chi connectivity index (χ2v) is 6.64. The number of carbonyl (C=O) groups excluding carboxylic acids is 1. The number of anilines is 1. The molecule has 0 bridgehead atoms. The third-order valence-electron chi connectivity index (χ3n) is 4.88. The smallest absolute Gasteiger partial charge is 0.343 e. The van der Waals surface area contributed by atoms with Gasteiger partial charge in [-0.3, -0.25) is 9.89 Å². The Kier molecular flexibility index (Phi) is 4.66. The third kappa shape index (κ3) is 3.32. The summed E-state index contributed by atoms with van der Waals surface area (Å²) < 4.78 is 6.29. The van der Waals surface area contributed by atoms with Crippen LogP contribution in [0.4, 0.5) is 5.69 Å². The van der Waals surface area contributed by atoms with E-state index in [4.69, 9.17) is 4.74 Å². The molecule has 1 aliphatic heterocycles. The van der Waals surface area contributed by atoms with Gasteiger partial charge in [0, 0.05) is 36.6 Å². The molecule has 1 aromatic carbocycles. The van der Waals surface area contributed by atoms with Crippen LogP contribution in [-0.4, -0.2) is 40.3 Å². The molecule has 4 rings (SSSR count). The topological polar surface area (TPSA) is 79.7 Å². The largest absolute Gasteiger partial charge is 0.462 e. The monoisotopic (exact) mass is 366 g/mol. The maximum absolute atomic E-state index is 12.4. The molecule has 0 amide bonds. The highest BCUT2D eigenvalue weighted by Gasteiger charge is 2.17. The van der Waals surface area contributed by atoms with Crippen LogP contribution >= 0.6 is 0 Å². The maximum atomic E-state index is 12.4. The zero-order chi connectivity index (χ0) is 18.8. The van der Waals surface area contributed by atoms with Gasteiger partial charge < -0.3 is 9.64 Å². The standard InChI is InChI=1S/C20H22N4O3/c1-2-27-20(26)16-13-21-24-18(25)12-17(22-19(16)24)14-6-8-15(9-7-14)23-10-4-3-5-11-23/h6-9,12-13,21H,2-5,10-11H2,1H3. The van der Waals surface area contributed by atoms with Gasteiger partial charge in [-0.05, 0) is 38.3 Å². The lowest BCUT2D eigenvalue weighted by atomic mass is 10.1. The summed E-state index contributed by atoms with van der Waals surface area (Å²) in [7, 11) is 0. The van der Waals surface area contributed by atoms with Crippen LogP contribution in [0.1, 0.15) is 36.5 Å². The number of benzene rings is 1. The van der Waals surface area contributed by atoms with Gasteiger partial charge >= 0.3 is 5.97 Å². The number of nitrogens with one attached hydrogen (secondary N) is 1. The molecule has 0 aliphatic carbocycles. The lowest BCUT2D eigenvalue weighted by molar-refractivity contribution is 0.0528. The van der Waals surface area contributed by atoms with E-state index in [1.807, 2.05) is 12.1 Å². The molecule has 0 spiro atoms. The van der Waals surface area contributed by atoms with Crippen molar-refractivity contribution in [1.29, 1.82) is 0 Å². The molecule has 0 atom stereocenters. The number of hydrogen-bond donors (Lipinski definition) is 1. The first-order valence-electron chi connectivity index (χ1n) is 9.31. The predicted molar refractivity (Wildman–Crippen MR) is 103 cm³/mol. The summed E-state index contributed by atoms with van der Waals surface area (Å²) in [6.07, 6.45) is 5.19. The van der Waals surface area contributed by atoms with Crippen LogP contribution in [0, 0.1) is 0 Å². The molecule has 7 nitrogen and oxygen atoms in total. The second kappa shape index (κ2) is 7.26. The van der Waals surface area contributed by atoms with Crippen molar-refractivity contribution >= 4 is 17.3 Å². The van der Waals surface area contributed by atoms with E-state index in [2.05, 4.69) is 27.1 Å². The van der Waals surface area contributed by atoms with Crippen LogP contribution in [0.25, 0.3) is 16.9 Å². The molecule has 3 aromatic rings. The van der Waals surface area contributed by atoms with E-state index in [0.29, 0.717) is 5.69 Å². The van der Waals surface area contributed by atoms with Crippen molar-refractivity contribution < 1.29 is 9.53 Å². The highest BCUT2D eigenvalue weighted by molar-refractivity contribution is 5.95. The number of fused-ring (bicyclic) bond motifs is 1. The van der Waals surface area contributed by atoms with Crippen molar-refractivity contribution in [3.63, 3.8) is 0 Å². The average molecular weight is 366 g/mol. The molecule has 0 unspecified atom stereocenters. The second-order valence-electron chi connectivity index (χ2n) is 6.64. The number of aromatic amines is 1. The molecule has 1 aliphatic rings. The minimum atomic E-state index is -0.499. The van der Waals surface area contributed by atoms with E-state index in [-0.39, 0.29) is 23.4 Å². The minimum absolute atomic E-state index is 0.251. The van der Waals surface area contributed by atoms with Gasteiger partial charge in [-0.2, -0.15) is 0 Å². The van der Waals surface area contributed by atoms with Crippen LogP contribution in [0.2, 0.25) is 0 Å². The van der Waals surface area contributed by atoms with Gasteiger partial charge in [-0.15, -0.1) is 0 Å². The first-order valence-corrected chi connectivity index (χ1v) is 9.31. The molecular formula is C20H22N4O3. The van der Waals surface area contributed by atoms with Gasteiger partial charge in [0.1, 0.15) is 5.56 Å². The highest BCUT2D eigenvalue weighted by Crippen LogP contribution is 2.24. The van der Waals surface area contributed by atoms with Crippen LogP contribution in [-0.2, 0) is 4.74 Å². The summed E-state index contributed by atoms with van der Waals surface area (Å²) >= 11 is 0. The number of ether oxygens (including phenoxy) is 1. The Morgan fingerprint density at radius 1 is 1.19 bits per heavy atom. The van der Waals surface area contributed by atoms with Crippen molar-refractivity contribution in [2.24, 2.45) is 0 Å². The number of rotatable bonds is 4. The molecule has 0 saturated carbocycles. The summed E-state index contributed by atoms with van der Waals surface area (Å²) in [6.45, 7) is 4.16. The highest BCUT2D eigenvalue weighted by atomic mass is 16.5. The lowest BCUT2D eigenvalue weighted by Gasteiger charge is -2.28. The number of esters is 1. The Morgan fingerprint density at radius 2 is 1.93 bits per heavy atom. The Labute approximate surface area is 156 Å². The normalized spacial score (nSPS) is 14.5. The van der Waals surface area contributed by atoms with Crippen molar-refractivity contribution in [3.8, 4) is 11.3 Å². The van der Waals surface area contributed by atoms with E-state index in [1.54, 1.807) is 6.92 Å². The number of H-pyrrole nitrogens is 1. The molecule has 27 heavy (non-hydrogen) atoms. The van der Waals surface area contributed by atoms with Gasteiger partial charge in [-0.1, -0.05) is 12.1 Å². The molecule has 7 heteroatoms. The molecule has 2 aromatic heterocycles. The van der Waals surface area contributed by atoms with E-state index in [9.17, 15) is 9.59 Å². The molecule has 3 heterocycles. The summed E-state index contributed by atoms with van der Waals surface area (Å²) in [5.41, 5.74) is 2.81. The summed E-state index contributed by atoms with van der Waals surface area (Å²) in [6, 6.07) is 9.53. The number of carbonyl (C=O) groups is 1. The Hall–Kier alpha value is -3.09. The Bertz CT molecular complexity index is 1010. The van der Waals surface area contributed by atoms with Crippen molar-refractivity contribution in [2.75, 3.05) is 24.6 Å². The van der Waals surface area contributed by atoms with Crippen molar-refractivity contribution in [1.82, 2.24) is 14.6 Å². The number of aromatic nitrogens is 3. The lowest BCUT2D eigenvalue weighted by Crippen LogP contribution is -2.29. The van der Waals surface area contributed by atoms with Gasteiger partial charge in [-0.25, -0.2) is 14.3 Å². The third-order valence-corrected chi connectivity index (χ3v) is 4.88.